The number of carbonyl (C=O) groups excluding carboxylic acids is 4. The number of Topliss-reactive ketones (excluding diaryl/α,β-unsaturated/α-hetero) is 4. The van der Waals surface area contributed by atoms with Gasteiger partial charge in [-0.2, -0.15) is 0 Å². The lowest BCUT2D eigenvalue weighted by Crippen LogP contribution is -2.35. The first kappa shape index (κ1) is 15.6. The Morgan fingerprint density at radius 1 is 0.760 bits per heavy atom. The summed E-state index contributed by atoms with van der Waals surface area (Å²) in [5.41, 5.74) is -1.96. The van der Waals surface area contributed by atoms with Crippen LogP contribution >= 0.6 is 0 Å². The van der Waals surface area contributed by atoms with Gasteiger partial charge in [0.05, 0.1) is 0 Å². The Labute approximate surface area is 144 Å². The van der Waals surface area contributed by atoms with Gasteiger partial charge in [-0.1, -0.05) is 54.6 Å². The molecule has 124 valence electrons. The number of benzene rings is 2. The molecule has 2 aliphatic carbocycles. The minimum atomic E-state index is -1.63. The average Bonchev–Trinajstić information content (AvgIpc) is 3.22. The van der Waals surface area contributed by atoms with Crippen LogP contribution in [-0.2, 0) is 9.59 Å². The molecule has 0 N–H and O–H groups in total. The van der Waals surface area contributed by atoms with Gasteiger partial charge >= 0.3 is 0 Å². The second-order valence-corrected chi connectivity index (χ2v) is 6.78. The first-order valence-electron chi connectivity index (χ1n) is 8.17. The van der Waals surface area contributed by atoms with E-state index in [0.717, 1.165) is 0 Å². The monoisotopic (exact) mass is 332 g/mol. The van der Waals surface area contributed by atoms with Crippen LogP contribution in [0.25, 0.3) is 0 Å². The zero-order valence-electron chi connectivity index (χ0n) is 13.9. The van der Waals surface area contributed by atoms with E-state index in [-0.39, 0.29) is 0 Å². The van der Waals surface area contributed by atoms with Crippen LogP contribution in [0.5, 0.6) is 0 Å². The molecule has 1 atom stereocenters. The maximum Gasteiger partial charge on any atom is 0.179 e. The van der Waals surface area contributed by atoms with Gasteiger partial charge in [-0.3, -0.25) is 19.2 Å². The van der Waals surface area contributed by atoms with Gasteiger partial charge in [-0.25, -0.2) is 0 Å². The molecule has 1 unspecified atom stereocenters. The van der Waals surface area contributed by atoms with Gasteiger partial charge in [0.25, 0.3) is 0 Å². The van der Waals surface area contributed by atoms with Gasteiger partial charge in [0, 0.05) is 17.0 Å². The second-order valence-electron chi connectivity index (χ2n) is 6.78. The number of ketones is 4. The molecule has 1 saturated carbocycles. The summed E-state index contributed by atoms with van der Waals surface area (Å²) < 4.78 is 0. The van der Waals surface area contributed by atoms with Crippen LogP contribution in [0.1, 0.15) is 46.0 Å². The van der Waals surface area contributed by atoms with Crippen LogP contribution in [0.4, 0.5) is 0 Å². The number of fused-ring (bicyclic) bond motifs is 1. The van der Waals surface area contributed by atoms with Crippen molar-refractivity contribution in [1.82, 2.24) is 0 Å². The molecule has 0 amide bonds. The first-order valence-corrected chi connectivity index (χ1v) is 8.17. The Hall–Kier alpha value is -2.88. The molecule has 2 aliphatic rings. The van der Waals surface area contributed by atoms with E-state index in [1.807, 2.05) is 6.07 Å². The average molecular weight is 332 g/mol. The minimum Gasteiger partial charge on any atom is -0.299 e. The first-order chi connectivity index (χ1) is 11.9. The van der Waals surface area contributed by atoms with E-state index < -0.39 is 39.9 Å². The van der Waals surface area contributed by atoms with Crippen LogP contribution in [0.3, 0.4) is 0 Å². The highest BCUT2D eigenvalue weighted by Gasteiger charge is 2.90. The zero-order valence-corrected chi connectivity index (χ0v) is 13.9. The zero-order chi connectivity index (χ0) is 18.0. The van der Waals surface area contributed by atoms with Gasteiger partial charge in [-0.05, 0) is 19.4 Å². The van der Waals surface area contributed by atoms with Gasteiger partial charge < -0.3 is 0 Å². The van der Waals surface area contributed by atoms with Crippen molar-refractivity contribution in [1.29, 1.82) is 0 Å². The number of rotatable bonds is 3. The molecule has 0 saturated heterocycles. The SMILES string of the molecule is CC(=O)C1(C(C)=O)C(c2ccccc2)C12C(=O)c1ccccc1C2=O. The molecule has 1 fully saturated rings. The molecule has 2 aromatic carbocycles. The van der Waals surface area contributed by atoms with Gasteiger partial charge in [0.2, 0.25) is 0 Å². The topological polar surface area (TPSA) is 68.3 Å². The van der Waals surface area contributed by atoms with Gasteiger partial charge in [0.1, 0.15) is 22.4 Å². The normalized spacial score (nSPS) is 21.9. The number of carbonyl (C=O) groups is 4. The Kier molecular flexibility index (Phi) is 3.01. The standard InChI is InChI=1S/C21H16O4/c1-12(22)20(13(2)23)17(14-8-4-3-5-9-14)21(20)18(24)15-10-6-7-11-16(15)19(21)25/h3-11,17H,1-2H3. The quantitative estimate of drug-likeness (QED) is 0.810. The van der Waals surface area contributed by atoms with Gasteiger partial charge in [0.15, 0.2) is 11.6 Å². The highest BCUT2D eigenvalue weighted by molar-refractivity contribution is 6.39. The summed E-state index contributed by atoms with van der Waals surface area (Å²) in [5.74, 6) is -2.42. The van der Waals surface area contributed by atoms with E-state index in [0.29, 0.717) is 16.7 Å². The molecular weight excluding hydrogens is 316 g/mol. The summed E-state index contributed by atoms with van der Waals surface area (Å²) in [5, 5.41) is 0. The van der Waals surface area contributed by atoms with Crippen LogP contribution < -0.4 is 0 Å². The molecule has 4 rings (SSSR count). The van der Waals surface area contributed by atoms with Crippen molar-refractivity contribution in [2.45, 2.75) is 19.8 Å². The molecule has 1 spiro atoms. The van der Waals surface area contributed by atoms with Crippen molar-refractivity contribution in [3.05, 3.63) is 71.3 Å². The van der Waals surface area contributed by atoms with Crippen LogP contribution in [0.15, 0.2) is 54.6 Å². The fourth-order valence-corrected chi connectivity index (χ4v) is 4.86. The number of hydrogen-bond donors (Lipinski definition) is 0. The largest absolute Gasteiger partial charge is 0.299 e. The third-order valence-corrected chi connectivity index (χ3v) is 5.78. The molecule has 0 aromatic heterocycles. The molecule has 4 heteroatoms. The van der Waals surface area contributed by atoms with E-state index in [1.54, 1.807) is 48.5 Å². The predicted molar refractivity (Wildman–Crippen MR) is 90.5 cm³/mol. The maximum absolute atomic E-state index is 13.3. The molecule has 0 heterocycles. The molecule has 0 aliphatic heterocycles. The van der Waals surface area contributed by atoms with Crippen LogP contribution in [0.2, 0.25) is 0 Å². The second kappa shape index (κ2) is 4.82. The van der Waals surface area contributed by atoms with E-state index in [4.69, 9.17) is 0 Å². The summed E-state index contributed by atoms with van der Waals surface area (Å²) in [6.45, 7) is 2.60. The van der Waals surface area contributed by atoms with Crippen molar-refractivity contribution < 1.29 is 19.2 Å². The lowest BCUT2D eigenvalue weighted by atomic mass is 9.83. The van der Waals surface area contributed by atoms with E-state index in [1.165, 1.54) is 13.8 Å². The van der Waals surface area contributed by atoms with E-state index >= 15 is 0 Å². The van der Waals surface area contributed by atoms with Crippen molar-refractivity contribution in [3.8, 4) is 0 Å². The molecular formula is C21H16O4. The summed E-state index contributed by atoms with van der Waals surface area (Å²) in [7, 11) is 0. The highest BCUT2D eigenvalue weighted by atomic mass is 16.2. The Balaban J connectivity index is 2.03. The Morgan fingerprint density at radius 3 is 1.64 bits per heavy atom. The molecule has 4 nitrogen and oxygen atoms in total. The van der Waals surface area contributed by atoms with Crippen LogP contribution in [0, 0.1) is 10.8 Å². The predicted octanol–water partition coefficient (Wildman–Crippen LogP) is 3.01. The smallest absolute Gasteiger partial charge is 0.179 e. The Morgan fingerprint density at radius 2 is 1.20 bits per heavy atom. The molecule has 0 bridgehead atoms. The summed E-state index contributed by atoms with van der Waals surface area (Å²) in [6.07, 6.45) is 0. The maximum atomic E-state index is 13.3. The summed E-state index contributed by atoms with van der Waals surface area (Å²) in [6, 6.07) is 15.5. The third kappa shape index (κ3) is 1.53. The number of hydrogen-bond acceptors (Lipinski definition) is 4. The minimum absolute atomic E-state index is 0.304. The molecule has 2 aromatic rings. The van der Waals surface area contributed by atoms with Crippen molar-refractivity contribution >= 4 is 23.1 Å². The third-order valence-electron chi connectivity index (χ3n) is 5.78. The van der Waals surface area contributed by atoms with Crippen molar-refractivity contribution in [3.63, 3.8) is 0 Å². The Bertz CT molecular complexity index is 906. The summed E-state index contributed by atoms with van der Waals surface area (Å²) >= 11 is 0. The van der Waals surface area contributed by atoms with Crippen molar-refractivity contribution in [2.24, 2.45) is 10.8 Å². The fraction of sp³-hybridized carbons (Fsp3) is 0.238. The molecule has 25 heavy (non-hydrogen) atoms. The lowest BCUT2D eigenvalue weighted by Gasteiger charge is -2.13. The van der Waals surface area contributed by atoms with E-state index in [9.17, 15) is 19.2 Å². The summed E-state index contributed by atoms with van der Waals surface area (Å²) in [4.78, 5) is 51.8. The van der Waals surface area contributed by atoms with Crippen LogP contribution in [-0.4, -0.2) is 23.1 Å². The molecule has 0 radical (unpaired) electrons. The van der Waals surface area contributed by atoms with Gasteiger partial charge in [-0.15, -0.1) is 0 Å². The fourth-order valence-electron chi connectivity index (χ4n) is 4.86. The van der Waals surface area contributed by atoms with E-state index in [2.05, 4.69) is 0 Å². The highest BCUT2D eigenvalue weighted by Crippen LogP contribution is 2.78. The van der Waals surface area contributed by atoms with Crippen molar-refractivity contribution in [2.75, 3.05) is 0 Å². The lowest BCUT2D eigenvalue weighted by molar-refractivity contribution is -0.133.